The van der Waals surface area contributed by atoms with E-state index < -0.39 is 12.0 Å². The Balaban J connectivity index is 2.34. The van der Waals surface area contributed by atoms with Crippen LogP contribution in [-0.4, -0.2) is 56.5 Å². The fourth-order valence-corrected chi connectivity index (χ4v) is 4.31. The van der Waals surface area contributed by atoms with E-state index in [1.807, 2.05) is 5.01 Å². The van der Waals surface area contributed by atoms with E-state index in [0.29, 0.717) is 18.7 Å². The topological polar surface area (TPSA) is 77.9 Å². The molecule has 0 saturated carbocycles. The van der Waals surface area contributed by atoms with Crippen molar-refractivity contribution in [3.8, 4) is 0 Å². The van der Waals surface area contributed by atoms with Gasteiger partial charge in [0.2, 0.25) is 5.91 Å². The van der Waals surface area contributed by atoms with Crippen LogP contribution in [0.25, 0.3) is 0 Å². The Morgan fingerprint density at radius 2 is 2.00 bits per heavy atom. The molecule has 2 aliphatic heterocycles. The number of hydrazine groups is 1. The molecule has 0 bridgehead atoms. The smallest absolute Gasteiger partial charge is 0.328 e. The van der Waals surface area contributed by atoms with Gasteiger partial charge in [0.25, 0.3) is 0 Å². The summed E-state index contributed by atoms with van der Waals surface area (Å²) >= 11 is 1.15. The fourth-order valence-electron chi connectivity index (χ4n) is 3.57. The van der Waals surface area contributed by atoms with Gasteiger partial charge in [-0.05, 0) is 18.3 Å². The number of thioether (sulfide) groups is 1. The molecule has 7 heteroatoms. The molecule has 6 nitrogen and oxygen atoms in total. The molecule has 1 amide bonds. The molecule has 2 rings (SSSR count). The first-order valence-corrected chi connectivity index (χ1v) is 8.59. The van der Waals surface area contributed by atoms with Crippen LogP contribution in [0, 0.1) is 11.3 Å². The SMILES string of the molecule is CC(=O)SCC1C(=O)N2C(C(=O)O)CCCN2C1C(C)(C)C. The summed E-state index contributed by atoms with van der Waals surface area (Å²) in [5.74, 6) is -1.03. The Bertz CT molecular complexity index is 488. The van der Waals surface area contributed by atoms with E-state index in [1.165, 1.54) is 11.9 Å². The lowest BCUT2D eigenvalue weighted by atomic mass is 9.80. The average molecular weight is 328 g/mol. The Kier molecular flexibility index (Phi) is 4.87. The van der Waals surface area contributed by atoms with Crippen LogP contribution in [0.5, 0.6) is 0 Å². The molecule has 2 heterocycles. The van der Waals surface area contributed by atoms with Gasteiger partial charge in [0.15, 0.2) is 5.12 Å². The van der Waals surface area contributed by atoms with E-state index in [9.17, 15) is 19.5 Å². The second-order valence-electron chi connectivity index (χ2n) is 7.06. The molecule has 0 aromatic rings. The number of hydrogen-bond donors (Lipinski definition) is 1. The maximum Gasteiger partial charge on any atom is 0.328 e. The number of hydrogen-bond acceptors (Lipinski definition) is 5. The lowest BCUT2D eigenvalue weighted by Crippen LogP contribution is -2.57. The highest BCUT2D eigenvalue weighted by Gasteiger charge is 2.55. The van der Waals surface area contributed by atoms with Crippen LogP contribution in [0.4, 0.5) is 0 Å². The molecule has 124 valence electrons. The monoisotopic (exact) mass is 328 g/mol. The molecule has 1 N–H and O–H groups in total. The molecule has 0 aromatic heterocycles. The van der Waals surface area contributed by atoms with Crippen molar-refractivity contribution in [1.82, 2.24) is 10.0 Å². The quantitative estimate of drug-likeness (QED) is 0.848. The summed E-state index contributed by atoms with van der Waals surface area (Å²) < 4.78 is 0. The van der Waals surface area contributed by atoms with E-state index >= 15 is 0 Å². The van der Waals surface area contributed by atoms with Crippen LogP contribution in [0.3, 0.4) is 0 Å². The maximum absolute atomic E-state index is 12.8. The predicted octanol–water partition coefficient (Wildman–Crippen LogP) is 1.60. The summed E-state index contributed by atoms with van der Waals surface area (Å²) in [5, 5.41) is 12.8. The number of rotatable bonds is 3. The normalized spacial score (nSPS) is 29.5. The number of carboxylic acids is 1. The van der Waals surface area contributed by atoms with Crippen molar-refractivity contribution in [2.45, 2.75) is 52.6 Å². The van der Waals surface area contributed by atoms with Crippen LogP contribution in [0.1, 0.15) is 40.5 Å². The molecule has 2 aliphatic rings. The zero-order chi connectivity index (χ0) is 16.7. The third kappa shape index (κ3) is 3.15. The maximum atomic E-state index is 12.8. The van der Waals surface area contributed by atoms with Crippen LogP contribution in [-0.2, 0) is 14.4 Å². The van der Waals surface area contributed by atoms with Crippen molar-refractivity contribution in [3.05, 3.63) is 0 Å². The van der Waals surface area contributed by atoms with Crippen molar-refractivity contribution < 1.29 is 19.5 Å². The summed E-state index contributed by atoms with van der Waals surface area (Å²) in [4.78, 5) is 35.6. The van der Waals surface area contributed by atoms with Gasteiger partial charge in [-0.15, -0.1) is 0 Å². The van der Waals surface area contributed by atoms with Crippen molar-refractivity contribution in [1.29, 1.82) is 0 Å². The number of carbonyl (C=O) groups excluding carboxylic acids is 2. The minimum absolute atomic E-state index is 0.0184. The molecule has 0 aromatic carbocycles. The van der Waals surface area contributed by atoms with E-state index in [0.717, 1.165) is 18.2 Å². The number of nitrogens with zero attached hydrogens (tertiary/aromatic N) is 2. The van der Waals surface area contributed by atoms with Crippen LogP contribution < -0.4 is 0 Å². The zero-order valence-electron chi connectivity index (χ0n) is 13.5. The second-order valence-corrected chi connectivity index (χ2v) is 8.26. The molecule has 3 unspecified atom stereocenters. The van der Waals surface area contributed by atoms with Gasteiger partial charge in [-0.1, -0.05) is 32.5 Å². The first-order chi connectivity index (χ1) is 10.1. The lowest BCUT2D eigenvalue weighted by molar-refractivity contribution is -0.169. The van der Waals surface area contributed by atoms with Gasteiger partial charge in [-0.3, -0.25) is 14.6 Å². The largest absolute Gasteiger partial charge is 0.480 e. The third-order valence-electron chi connectivity index (χ3n) is 4.32. The van der Waals surface area contributed by atoms with Crippen molar-refractivity contribution in [3.63, 3.8) is 0 Å². The molecule has 22 heavy (non-hydrogen) atoms. The summed E-state index contributed by atoms with van der Waals surface area (Å²) in [6.45, 7) is 8.36. The van der Waals surface area contributed by atoms with Crippen LogP contribution >= 0.6 is 11.8 Å². The fraction of sp³-hybridized carbons (Fsp3) is 0.800. The molecular weight excluding hydrogens is 304 g/mol. The van der Waals surface area contributed by atoms with Crippen LogP contribution in [0.2, 0.25) is 0 Å². The zero-order valence-corrected chi connectivity index (χ0v) is 14.4. The van der Waals surface area contributed by atoms with Crippen molar-refractivity contribution >= 4 is 28.8 Å². The molecule has 3 atom stereocenters. The van der Waals surface area contributed by atoms with Gasteiger partial charge < -0.3 is 5.11 Å². The highest BCUT2D eigenvalue weighted by molar-refractivity contribution is 8.13. The van der Waals surface area contributed by atoms with Gasteiger partial charge >= 0.3 is 5.97 Å². The number of fused-ring (bicyclic) bond motifs is 1. The molecule has 0 aliphatic carbocycles. The average Bonchev–Trinajstić information content (AvgIpc) is 2.69. The minimum Gasteiger partial charge on any atom is -0.480 e. The molecule has 0 spiro atoms. The Labute approximate surface area is 135 Å². The standard InChI is InChI=1S/C15H24N2O4S/c1-9(18)22-8-10-12(15(2,3)4)16-7-5-6-11(14(20)21)17(16)13(10)19/h10-12H,5-8H2,1-4H3,(H,20,21). The van der Waals surface area contributed by atoms with Crippen molar-refractivity contribution in [2.75, 3.05) is 12.3 Å². The van der Waals surface area contributed by atoms with Gasteiger partial charge in [0, 0.05) is 25.3 Å². The molecule has 2 saturated heterocycles. The lowest BCUT2D eigenvalue weighted by Gasteiger charge is -2.43. The highest BCUT2D eigenvalue weighted by atomic mass is 32.2. The summed E-state index contributed by atoms with van der Waals surface area (Å²) in [6, 6.07) is -0.854. The van der Waals surface area contributed by atoms with E-state index in [1.54, 1.807) is 0 Å². The minimum atomic E-state index is -0.953. The van der Waals surface area contributed by atoms with Gasteiger partial charge in [-0.2, -0.15) is 0 Å². The summed E-state index contributed by atoms with van der Waals surface area (Å²) in [6.07, 6.45) is 1.25. The molecular formula is C15H24N2O4S. The predicted molar refractivity (Wildman–Crippen MR) is 84.1 cm³/mol. The second kappa shape index (κ2) is 6.20. The Morgan fingerprint density at radius 1 is 1.36 bits per heavy atom. The van der Waals surface area contributed by atoms with Crippen LogP contribution in [0.15, 0.2) is 0 Å². The number of amides is 1. The van der Waals surface area contributed by atoms with Gasteiger partial charge in [0.1, 0.15) is 6.04 Å². The highest BCUT2D eigenvalue weighted by Crippen LogP contribution is 2.42. The third-order valence-corrected chi connectivity index (χ3v) is 5.25. The van der Waals surface area contributed by atoms with Gasteiger partial charge in [0.05, 0.1) is 5.92 Å². The molecule has 0 radical (unpaired) electrons. The summed E-state index contributed by atoms with van der Waals surface area (Å²) in [7, 11) is 0. The first-order valence-electron chi connectivity index (χ1n) is 7.60. The van der Waals surface area contributed by atoms with Crippen molar-refractivity contribution in [2.24, 2.45) is 11.3 Å². The number of carbonyl (C=O) groups is 3. The van der Waals surface area contributed by atoms with Gasteiger partial charge in [-0.25, -0.2) is 9.80 Å². The number of aliphatic carboxylic acids is 1. The first kappa shape index (κ1) is 17.3. The van der Waals surface area contributed by atoms with E-state index in [4.69, 9.17) is 0 Å². The Hall–Kier alpha value is -1.08. The molecule has 2 fully saturated rings. The number of carboxylic acid groups (broad SMARTS) is 1. The van der Waals surface area contributed by atoms with E-state index in [2.05, 4.69) is 20.8 Å². The summed E-state index contributed by atoms with van der Waals surface area (Å²) in [5.41, 5.74) is -0.174. The van der Waals surface area contributed by atoms with E-state index in [-0.39, 0.29) is 28.4 Å². The Morgan fingerprint density at radius 3 is 2.50 bits per heavy atom.